The number of nitrogens with one attached hydrogen (secondary N) is 1. The minimum absolute atomic E-state index is 0.0304. The molecule has 1 aromatic heterocycles. The standard InChI is InChI=1S/C18H16N2O5/c1-3-24-18(23)10(2)19-20-12-8-9-14-15(16(12)17(21)22)11-6-4-5-7-13(11)25-14/h4-9,20H,3H2,1-2H3,(H,21,22). The second kappa shape index (κ2) is 6.64. The fourth-order valence-corrected chi connectivity index (χ4v) is 2.56. The number of ether oxygens (including phenoxy) is 1. The van der Waals surface area contributed by atoms with Crippen molar-refractivity contribution in [2.24, 2.45) is 5.10 Å². The minimum Gasteiger partial charge on any atom is -0.478 e. The van der Waals surface area contributed by atoms with Crippen molar-refractivity contribution < 1.29 is 23.8 Å². The SMILES string of the molecule is CCOC(=O)C(C)=NNc1ccc2oc3ccccc3c2c1C(=O)O. The Balaban J connectivity index is 2.11. The molecule has 2 aromatic carbocycles. The number of rotatable bonds is 5. The van der Waals surface area contributed by atoms with E-state index in [-0.39, 0.29) is 23.6 Å². The van der Waals surface area contributed by atoms with Crippen LogP contribution < -0.4 is 5.43 Å². The molecular weight excluding hydrogens is 324 g/mol. The molecule has 3 aromatic rings. The van der Waals surface area contributed by atoms with E-state index in [4.69, 9.17) is 9.15 Å². The normalized spacial score (nSPS) is 11.7. The molecule has 0 radical (unpaired) electrons. The second-order valence-electron chi connectivity index (χ2n) is 5.29. The Morgan fingerprint density at radius 1 is 1.20 bits per heavy atom. The van der Waals surface area contributed by atoms with Gasteiger partial charge in [0, 0.05) is 10.8 Å². The summed E-state index contributed by atoms with van der Waals surface area (Å²) < 4.78 is 10.5. The smallest absolute Gasteiger partial charge is 0.354 e. The lowest BCUT2D eigenvalue weighted by atomic mass is 10.0. The van der Waals surface area contributed by atoms with Gasteiger partial charge in [0.15, 0.2) is 0 Å². The quantitative estimate of drug-likeness (QED) is 0.418. The first-order valence-corrected chi connectivity index (χ1v) is 7.68. The van der Waals surface area contributed by atoms with Crippen LogP contribution in [-0.4, -0.2) is 29.4 Å². The summed E-state index contributed by atoms with van der Waals surface area (Å²) in [6.07, 6.45) is 0. The molecule has 1 heterocycles. The average molecular weight is 340 g/mol. The fourth-order valence-electron chi connectivity index (χ4n) is 2.56. The van der Waals surface area contributed by atoms with E-state index in [2.05, 4.69) is 10.5 Å². The van der Waals surface area contributed by atoms with Crippen LogP contribution in [0, 0.1) is 0 Å². The fraction of sp³-hybridized carbons (Fsp3) is 0.167. The number of anilines is 1. The van der Waals surface area contributed by atoms with Crippen molar-refractivity contribution in [1.29, 1.82) is 0 Å². The van der Waals surface area contributed by atoms with Crippen LogP contribution in [0.15, 0.2) is 45.9 Å². The molecule has 2 N–H and O–H groups in total. The number of hydrogen-bond donors (Lipinski definition) is 2. The van der Waals surface area contributed by atoms with Gasteiger partial charge in [-0.25, -0.2) is 9.59 Å². The number of carboxylic acids is 1. The monoisotopic (exact) mass is 340 g/mol. The molecule has 0 atom stereocenters. The molecule has 128 valence electrons. The Morgan fingerprint density at radius 2 is 1.96 bits per heavy atom. The van der Waals surface area contributed by atoms with Gasteiger partial charge in [0.25, 0.3) is 0 Å². The summed E-state index contributed by atoms with van der Waals surface area (Å²) in [5, 5.41) is 14.8. The molecule has 0 unspecified atom stereocenters. The summed E-state index contributed by atoms with van der Waals surface area (Å²) in [6, 6.07) is 10.4. The lowest BCUT2D eigenvalue weighted by molar-refractivity contribution is -0.135. The number of aromatic carboxylic acids is 1. The van der Waals surface area contributed by atoms with Gasteiger partial charge in [0.1, 0.15) is 16.9 Å². The summed E-state index contributed by atoms with van der Waals surface area (Å²) in [6.45, 7) is 3.41. The van der Waals surface area contributed by atoms with Crippen LogP contribution in [0.5, 0.6) is 0 Å². The van der Waals surface area contributed by atoms with Crippen molar-refractivity contribution in [3.63, 3.8) is 0 Å². The van der Waals surface area contributed by atoms with Crippen molar-refractivity contribution in [1.82, 2.24) is 0 Å². The molecule has 0 saturated heterocycles. The van der Waals surface area contributed by atoms with Crippen LogP contribution in [-0.2, 0) is 9.53 Å². The molecule has 25 heavy (non-hydrogen) atoms. The van der Waals surface area contributed by atoms with Gasteiger partial charge >= 0.3 is 11.9 Å². The predicted octanol–water partition coefficient (Wildman–Crippen LogP) is 3.64. The number of benzene rings is 2. The van der Waals surface area contributed by atoms with Crippen molar-refractivity contribution in [3.8, 4) is 0 Å². The molecule has 0 fully saturated rings. The Bertz CT molecular complexity index is 1000. The highest BCUT2D eigenvalue weighted by Gasteiger charge is 2.20. The number of nitrogens with zero attached hydrogens (tertiary/aromatic N) is 1. The lowest BCUT2D eigenvalue weighted by Gasteiger charge is -2.07. The highest BCUT2D eigenvalue weighted by molar-refractivity contribution is 6.35. The van der Waals surface area contributed by atoms with Gasteiger partial charge in [0.05, 0.1) is 17.9 Å². The Kier molecular flexibility index (Phi) is 4.38. The lowest BCUT2D eigenvalue weighted by Crippen LogP contribution is -2.16. The van der Waals surface area contributed by atoms with E-state index in [0.29, 0.717) is 21.9 Å². The molecule has 0 bridgehead atoms. The largest absolute Gasteiger partial charge is 0.478 e. The average Bonchev–Trinajstić information content (AvgIpc) is 2.97. The molecular formula is C18H16N2O5. The molecule has 0 aliphatic rings. The number of carbonyl (C=O) groups is 2. The van der Waals surface area contributed by atoms with E-state index in [1.54, 1.807) is 31.2 Å². The third kappa shape index (κ3) is 3.03. The maximum Gasteiger partial charge on any atom is 0.354 e. The first-order valence-electron chi connectivity index (χ1n) is 7.68. The molecule has 0 saturated carbocycles. The van der Waals surface area contributed by atoms with Crippen LogP contribution in [0.25, 0.3) is 21.9 Å². The van der Waals surface area contributed by atoms with Crippen LogP contribution >= 0.6 is 0 Å². The molecule has 0 amide bonds. The van der Waals surface area contributed by atoms with Crippen molar-refractivity contribution >= 4 is 45.3 Å². The van der Waals surface area contributed by atoms with Gasteiger partial charge in [0.2, 0.25) is 0 Å². The van der Waals surface area contributed by atoms with E-state index < -0.39 is 11.9 Å². The molecule has 7 nitrogen and oxygen atoms in total. The van der Waals surface area contributed by atoms with Crippen LogP contribution in [0.4, 0.5) is 5.69 Å². The van der Waals surface area contributed by atoms with Crippen LogP contribution in [0.1, 0.15) is 24.2 Å². The maximum absolute atomic E-state index is 11.8. The molecule has 0 aliphatic heterocycles. The van der Waals surface area contributed by atoms with Gasteiger partial charge in [-0.15, -0.1) is 0 Å². The zero-order valence-corrected chi connectivity index (χ0v) is 13.7. The molecule has 0 aliphatic carbocycles. The summed E-state index contributed by atoms with van der Waals surface area (Å²) in [5.41, 5.74) is 4.10. The number of para-hydroxylation sites is 1. The van der Waals surface area contributed by atoms with Crippen molar-refractivity contribution in [2.75, 3.05) is 12.0 Å². The number of esters is 1. The highest BCUT2D eigenvalue weighted by atomic mass is 16.5. The number of hydrogen-bond acceptors (Lipinski definition) is 6. The van der Waals surface area contributed by atoms with Gasteiger partial charge in [-0.1, -0.05) is 18.2 Å². The summed E-state index contributed by atoms with van der Waals surface area (Å²) in [7, 11) is 0. The topological polar surface area (TPSA) is 101 Å². The van der Waals surface area contributed by atoms with E-state index in [0.717, 1.165) is 0 Å². The molecule has 7 heteroatoms. The van der Waals surface area contributed by atoms with Crippen LogP contribution in [0.3, 0.4) is 0 Å². The zero-order chi connectivity index (χ0) is 18.0. The van der Waals surface area contributed by atoms with Crippen molar-refractivity contribution in [2.45, 2.75) is 13.8 Å². The maximum atomic E-state index is 11.8. The molecule has 0 spiro atoms. The van der Waals surface area contributed by atoms with Crippen LogP contribution in [0.2, 0.25) is 0 Å². The Morgan fingerprint density at radius 3 is 2.68 bits per heavy atom. The van der Waals surface area contributed by atoms with E-state index in [9.17, 15) is 14.7 Å². The third-order valence-electron chi connectivity index (χ3n) is 3.67. The molecule has 3 rings (SSSR count). The second-order valence-corrected chi connectivity index (χ2v) is 5.29. The summed E-state index contributed by atoms with van der Waals surface area (Å²) in [5.74, 6) is -1.69. The van der Waals surface area contributed by atoms with E-state index >= 15 is 0 Å². The predicted molar refractivity (Wildman–Crippen MR) is 94.0 cm³/mol. The number of carboxylic acid groups (broad SMARTS) is 1. The first kappa shape index (κ1) is 16.5. The Labute approximate surface area is 142 Å². The number of furan rings is 1. The van der Waals surface area contributed by atoms with E-state index in [1.807, 2.05) is 12.1 Å². The van der Waals surface area contributed by atoms with Gasteiger partial charge in [-0.2, -0.15) is 5.10 Å². The highest BCUT2D eigenvalue weighted by Crippen LogP contribution is 2.35. The minimum atomic E-state index is -1.12. The summed E-state index contributed by atoms with van der Waals surface area (Å²) in [4.78, 5) is 23.4. The number of carbonyl (C=O) groups excluding carboxylic acids is 1. The van der Waals surface area contributed by atoms with Gasteiger partial charge in [-0.05, 0) is 32.0 Å². The number of hydrazone groups is 1. The Hall–Kier alpha value is -3.35. The van der Waals surface area contributed by atoms with Gasteiger partial charge < -0.3 is 14.3 Å². The first-order chi connectivity index (χ1) is 12.0. The zero-order valence-electron chi connectivity index (χ0n) is 13.7. The number of fused-ring (bicyclic) bond motifs is 3. The van der Waals surface area contributed by atoms with Gasteiger partial charge in [-0.3, -0.25) is 5.43 Å². The summed E-state index contributed by atoms with van der Waals surface area (Å²) >= 11 is 0. The van der Waals surface area contributed by atoms with E-state index in [1.165, 1.54) is 6.92 Å². The van der Waals surface area contributed by atoms with Crippen molar-refractivity contribution in [3.05, 3.63) is 42.0 Å². The third-order valence-corrected chi connectivity index (χ3v) is 3.67.